The average Bonchev–Trinajstić information content (AvgIpc) is 2.56. The summed E-state index contributed by atoms with van der Waals surface area (Å²) in [6.07, 6.45) is 1.83. The van der Waals surface area contributed by atoms with Crippen molar-refractivity contribution in [1.82, 2.24) is 14.5 Å². The predicted octanol–water partition coefficient (Wildman–Crippen LogP) is 1.26. The molecule has 0 saturated carbocycles. The van der Waals surface area contributed by atoms with Crippen LogP contribution in [0.15, 0.2) is 17.1 Å². The Hall–Kier alpha value is -2.04. The lowest BCUT2D eigenvalue weighted by atomic mass is 10.1. The molecule has 1 aromatic carbocycles. The average molecular weight is 215 g/mol. The van der Waals surface area contributed by atoms with Gasteiger partial charge in [-0.15, -0.1) is 0 Å². The van der Waals surface area contributed by atoms with Crippen LogP contribution in [-0.4, -0.2) is 27.8 Å². The highest BCUT2D eigenvalue weighted by Gasteiger charge is 2.16. The number of hydrogen-bond acceptors (Lipinski definition) is 4. The van der Waals surface area contributed by atoms with E-state index in [4.69, 9.17) is 5.73 Å². The second kappa shape index (κ2) is 2.98. The zero-order valence-electron chi connectivity index (χ0n) is 9.31. The van der Waals surface area contributed by atoms with Crippen LogP contribution in [0.5, 0.6) is 0 Å². The number of fused-ring (bicyclic) bond motifs is 3. The van der Waals surface area contributed by atoms with Crippen molar-refractivity contribution in [1.29, 1.82) is 0 Å². The van der Waals surface area contributed by atoms with Gasteiger partial charge in [0.1, 0.15) is 0 Å². The molecule has 0 fully saturated rings. The van der Waals surface area contributed by atoms with Crippen LogP contribution in [0, 0.1) is 0 Å². The van der Waals surface area contributed by atoms with E-state index in [9.17, 15) is 0 Å². The molecule has 1 aliphatic rings. The first kappa shape index (κ1) is 9.21. The standard InChI is InChI=1S/C11H13N5/c1-15-5-7-8(13-6-15)3-4-9-10(7)14-11(12)16(9)2/h3-4,6H,5H2,1-2H3,(H2,12,14). The summed E-state index contributed by atoms with van der Waals surface area (Å²) in [7, 11) is 3.92. The summed E-state index contributed by atoms with van der Waals surface area (Å²) < 4.78 is 1.90. The number of anilines is 1. The van der Waals surface area contributed by atoms with Crippen LogP contribution in [0.1, 0.15) is 5.56 Å². The molecule has 2 aromatic rings. The van der Waals surface area contributed by atoms with Crippen molar-refractivity contribution in [3.8, 4) is 0 Å². The molecule has 0 atom stereocenters. The van der Waals surface area contributed by atoms with Crippen LogP contribution < -0.4 is 5.73 Å². The minimum absolute atomic E-state index is 0.542. The second-order valence-corrected chi connectivity index (χ2v) is 4.12. The molecule has 0 aliphatic carbocycles. The Balaban J connectivity index is 2.36. The van der Waals surface area contributed by atoms with Gasteiger partial charge in [0.2, 0.25) is 5.95 Å². The van der Waals surface area contributed by atoms with Gasteiger partial charge in [-0.25, -0.2) is 9.98 Å². The Bertz CT molecular complexity index is 596. The van der Waals surface area contributed by atoms with Crippen LogP contribution in [0.3, 0.4) is 0 Å². The molecule has 3 rings (SSSR count). The topological polar surface area (TPSA) is 59.4 Å². The molecule has 5 nitrogen and oxygen atoms in total. The Labute approximate surface area is 93.2 Å². The molecule has 0 spiro atoms. The van der Waals surface area contributed by atoms with Crippen molar-refractivity contribution in [2.45, 2.75) is 6.54 Å². The number of nitrogens with two attached hydrogens (primary N) is 1. The first-order chi connectivity index (χ1) is 7.66. The van der Waals surface area contributed by atoms with Gasteiger partial charge in [0.25, 0.3) is 0 Å². The highest BCUT2D eigenvalue weighted by atomic mass is 15.2. The summed E-state index contributed by atoms with van der Waals surface area (Å²) in [5.41, 5.74) is 9.97. The van der Waals surface area contributed by atoms with Gasteiger partial charge < -0.3 is 15.2 Å². The van der Waals surface area contributed by atoms with Crippen molar-refractivity contribution in [3.05, 3.63) is 17.7 Å². The van der Waals surface area contributed by atoms with E-state index in [0.29, 0.717) is 5.95 Å². The minimum Gasteiger partial charge on any atom is -0.369 e. The van der Waals surface area contributed by atoms with E-state index in [1.54, 1.807) is 0 Å². The van der Waals surface area contributed by atoms with E-state index in [-0.39, 0.29) is 0 Å². The lowest BCUT2D eigenvalue weighted by molar-refractivity contribution is 0.511. The molecular formula is C11H13N5. The summed E-state index contributed by atoms with van der Waals surface area (Å²) in [4.78, 5) is 10.8. The van der Waals surface area contributed by atoms with Gasteiger partial charge in [0.05, 0.1) is 23.1 Å². The summed E-state index contributed by atoms with van der Waals surface area (Å²) in [6.45, 7) is 0.826. The fourth-order valence-electron chi connectivity index (χ4n) is 2.05. The number of nitrogens with zero attached hydrogens (tertiary/aromatic N) is 4. The van der Waals surface area contributed by atoms with Gasteiger partial charge in [0, 0.05) is 26.2 Å². The number of aliphatic imine (C=N–C) groups is 1. The third kappa shape index (κ3) is 1.11. The molecule has 0 saturated heterocycles. The number of rotatable bonds is 0. The molecule has 2 heterocycles. The number of imidazole rings is 1. The van der Waals surface area contributed by atoms with E-state index in [2.05, 4.69) is 9.98 Å². The highest BCUT2D eigenvalue weighted by molar-refractivity contribution is 5.87. The fourth-order valence-corrected chi connectivity index (χ4v) is 2.05. The molecule has 2 N–H and O–H groups in total. The zero-order chi connectivity index (χ0) is 11.3. The van der Waals surface area contributed by atoms with Crippen LogP contribution in [0.2, 0.25) is 0 Å². The number of aromatic nitrogens is 2. The van der Waals surface area contributed by atoms with E-state index in [1.165, 1.54) is 0 Å². The van der Waals surface area contributed by atoms with E-state index >= 15 is 0 Å². The van der Waals surface area contributed by atoms with Gasteiger partial charge >= 0.3 is 0 Å². The zero-order valence-corrected chi connectivity index (χ0v) is 9.31. The summed E-state index contributed by atoms with van der Waals surface area (Å²) in [5.74, 6) is 0.542. The van der Waals surface area contributed by atoms with Crippen LogP contribution in [0.25, 0.3) is 11.0 Å². The maximum atomic E-state index is 5.82. The Morgan fingerprint density at radius 1 is 1.31 bits per heavy atom. The second-order valence-electron chi connectivity index (χ2n) is 4.12. The van der Waals surface area contributed by atoms with Crippen molar-refractivity contribution < 1.29 is 0 Å². The molecule has 1 aliphatic heterocycles. The summed E-state index contributed by atoms with van der Waals surface area (Å²) >= 11 is 0. The Morgan fingerprint density at radius 3 is 2.94 bits per heavy atom. The van der Waals surface area contributed by atoms with Gasteiger partial charge in [0.15, 0.2) is 0 Å². The lowest BCUT2D eigenvalue weighted by Gasteiger charge is -2.19. The Kier molecular flexibility index (Phi) is 1.71. The van der Waals surface area contributed by atoms with Crippen LogP contribution >= 0.6 is 0 Å². The lowest BCUT2D eigenvalue weighted by Crippen LogP contribution is -2.18. The summed E-state index contributed by atoms with van der Waals surface area (Å²) in [5, 5.41) is 0. The normalized spacial score (nSPS) is 14.5. The Morgan fingerprint density at radius 2 is 2.12 bits per heavy atom. The maximum absolute atomic E-state index is 5.82. The molecular weight excluding hydrogens is 202 g/mol. The smallest absolute Gasteiger partial charge is 0.200 e. The molecule has 1 aromatic heterocycles. The first-order valence-corrected chi connectivity index (χ1v) is 5.15. The SMILES string of the molecule is CN1C=Nc2ccc3c(nc(N)n3C)c2C1. The minimum atomic E-state index is 0.542. The number of benzene rings is 1. The van der Waals surface area contributed by atoms with Gasteiger partial charge in [-0.3, -0.25) is 0 Å². The fraction of sp³-hybridized carbons (Fsp3) is 0.273. The van der Waals surface area contributed by atoms with Crippen molar-refractivity contribution in [2.24, 2.45) is 12.0 Å². The van der Waals surface area contributed by atoms with E-state index < -0.39 is 0 Å². The number of nitrogen functional groups attached to an aromatic ring is 1. The first-order valence-electron chi connectivity index (χ1n) is 5.15. The predicted molar refractivity (Wildman–Crippen MR) is 64.7 cm³/mol. The molecule has 0 bridgehead atoms. The van der Waals surface area contributed by atoms with Crippen molar-refractivity contribution >= 4 is 29.0 Å². The monoisotopic (exact) mass is 215 g/mol. The van der Waals surface area contributed by atoms with Gasteiger partial charge in [-0.05, 0) is 12.1 Å². The third-order valence-electron chi connectivity index (χ3n) is 2.97. The van der Waals surface area contributed by atoms with Gasteiger partial charge in [-0.1, -0.05) is 0 Å². The quantitative estimate of drug-likeness (QED) is 0.719. The molecule has 0 unspecified atom stereocenters. The highest BCUT2D eigenvalue weighted by Crippen LogP contribution is 2.31. The summed E-state index contributed by atoms with van der Waals surface area (Å²) in [6, 6.07) is 4.03. The molecule has 5 heteroatoms. The van der Waals surface area contributed by atoms with Crippen LogP contribution in [-0.2, 0) is 13.6 Å². The van der Waals surface area contributed by atoms with Crippen LogP contribution in [0.4, 0.5) is 11.6 Å². The number of hydrogen-bond donors (Lipinski definition) is 1. The third-order valence-corrected chi connectivity index (χ3v) is 2.97. The molecule has 0 radical (unpaired) electrons. The maximum Gasteiger partial charge on any atom is 0.200 e. The van der Waals surface area contributed by atoms with E-state index in [0.717, 1.165) is 28.8 Å². The molecule has 82 valence electrons. The van der Waals surface area contributed by atoms with Crippen molar-refractivity contribution in [3.63, 3.8) is 0 Å². The van der Waals surface area contributed by atoms with E-state index in [1.807, 2.05) is 42.0 Å². The molecule has 16 heavy (non-hydrogen) atoms. The number of aryl methyl sites for hydroxylation is 1. The molecule has 0 amide bonds. The van der Waals surface area contributed by atoms with Gasteiger partial charge in [-0.2, -0.15) is 0 Å². The largest absolute Gasteiger partial charge is 0.369 e. The van der Waals surface area contributed by atoms with Crippen molar-refractivity contribution in [2.75, 3.05) is 12.8 Å².